The molecule has 0 aliphatic heterocycles. The van der Waals surface area contributed by atoms with Crippen LogP contribution in [0.3, 0.4) is 0 Å². The van der Waals surface area contributed by atoms with E-state index in [9.17, 15) is 0 Å². The molecule has 0 fully saturated rings. The van der Waals surface area contributed by atoms with Crippen molar-refractivity contribution >= 4 is 17.4 Å². The van der Waals surface area contributed by atoms with Crippen molar-refractivity contribution in [3.05, 3.63) is 83.8 Å². The van der Waals surface area contributed by atoms with E-state index < -0.39 is 0 Å². The summed E-state index contributed by atoms with van der Waals surface area (Å²) < 4.78 is 1.87. The minimum absolute atomic E-state index is 0.656. The Morgan fingerprint density at radius 1 is 0.885 bits per heavy atom. The Balaban J connectivity index is 1.77. The highest BCUT2D eigenvalue weighted by atomic mass is 15.3. The standard InChI is InChI=1S/C22H18N4/c1-3-8-16(9-4-1)14-18-12-7-13-19-20(18)25-22-23-15-24-26(22)21(19)17-10-5-2-6-11-17/h1-6,8-11,14-15H,7,12-13H2. The van der Waals surface area contributed by atoms with Gasteiger partial charge in [-0.1, -0.05) is 60.7 Å². The highest BCUT2D eigenvalue weighted by Crippen LogP contribution is 2.36. The van der Waals surface area contributed by atoms with E-state index in [1.807, 2.05) is 16.6 Å². The van der Waals surface area contributed by atoms with E-state index in [0.717, 1.165) is 36.2 Å². The number of nitrogens with zero attached hydrogens (tertiary/aromatic N) is 4. The molecule has 0 bridgehead atoms. The first-order valence-corrected chi connectivity index (χ1v) is 8.94. The largest absolute Gasteiger partial charge is 0.253 e. The lowest BCUT2D eigenvalue weighted by molar-refractivity contribution is 0.792. The third kappa shape index (κ3) is 2.51. The second-order valence-corrected chi connectivity index (χ2v) is 6.56. The second-order valence-electron chi connectivity index (χ2n) is 6.56. The van der Waals surface area contributed by atoms with Gasteiger partial charge in [-0.05, 0) is 36.5 Å². The van der Waals surface area contributed by atoms with E-state index >= 15 is 0 Å². The summed E-state index contributed by atoms with van der Waals surface area (Å²) in [5, 5.41) is 4.44. The smallest absolute Gasteiger partial charge is 0.211 e. The zero-order valence-electron chi connectivity index (χ0n) is 14.3. The molecule has 4 heteroatoms. The Morgan fingerprint density at radius 2 is 1.65 bits per heavy atom. The Hall–Kier alpha value is -3.27. The molecule has 4 nitrogen and oxygen atoms in total. The predicted molar refractivity (Wildman–Crippen MR) is 103 cm³/mol. The van der Waals surface area contributed by atoms with E-state index in [2.05, 4.69) is 64.7 Å². The van der Waals surface area contributed by atoms with Gasteiger partial charge in [0.15, 0.2) is 0 Å². The van der Waals surface area contributed by atoms with Crippen LogP contribution in [0.4, 0.5) is 0 Å². The van der Waals surface area contributed by atoms with Crippen molar-refractivity contribution in [1.29, 1.82) is 0 Å². The predicted octanol–water partition coefficient (Wildman–Crippen LogP) is 4.67. The molecule has 0 radical (unpaired) electrons. The number of hydrogen-bond donors (Lipinski definition) is 0. The van der Waals surface area contributed by atoms with E-state index in [1.54, 1.807) is 6.33 Å². The monoisotopic (exact) mass is 338 g/mol. The van der Waals surface area contributed by atoms with Crippen LogP contribution in [0.25, 0.3) is 28.7 Å². The summed E-state index contributed by atoms with van der Waals surface area (Å²) in [6.07, 6.45) is 7.00. The van der Waals surface area contributed by atoms with Crippen LogP contribution in [0.2, 0.25) is 0 Å². The van der Waals surface area contributed by atoms with Gasteiger partial charge in [0.2, 0.25) is 0 Å². The summed E-state index contributed by atoms with van der Waals surface area (Å²) in [5.74, 6) is 0.656. The van der Waals surface area contributed by atoms with E-state index in [4.69, 9.17) is 4.98 Å². The van der Waals surface area contributed by atoms with Gasteiger partial charge in [0.1, 0.15) is 6.33 Å². The first-order valence-electron chi connectivity index (χ1n) is 8.94. The molecule has 0 spiro atoms. The van der Waals surface area contributed by atoms with Crippen LogP contribution in [0, 0.1) is 0 Å². The van der Waals surface area contributed by atoms with Gasteiger partial charge in [0.05, 0.1) is 11.4 Å². The molecular formula is C22H18N4. The summed E-state index contributed by atoms with van der Waals surface area (Å²) in [6, 6.07) is 20.9. The highest BCUT2D eigenvalue weighted by Gasteiger charge is 2.23. The Kier molecular flexibility index (Phi) is 3.60. The van der Waals surface area contributed by atoms with Gasteiger partial charge in [0, 0.05) is 11.1 Å². The first-order chi connectivity index (χ1) is 12.9. The van der Waals surface area contributed by atoms with Crippen LogP contribution in [0.5, 0.6) is 0 Å². The van der Waals surface area contributed by atoms with Gasteiger partial charge in [-0.25, -0.2) is 4.98 Å². The normalized spacial score (nSPS) is 15.3. The van der Waals surface area contributed by atoms with Gasteiger partial charge >= 0.3 is 0 Å². The van der Waals surface area contributed by atoms with Crippen LogP contribution in [-0.2, 0) is 6.42 Å². The molecule has 4 aromatic rings. The van der Waals surface area contributed by atoms with Crippen LogP contribution in [-0.4, -0.2) is 19.6 Å². The average Bonchev–Trinajstić information content (AvgIpc) is 3.16. The first kappa shape index (κ1) is 15.0. The Morgan fingerprint density at radius 3 is 2.46 bits per heavy atom. The molecule has 2 aromatic heterocycles. The molecule has 0 saturated carbocycles. The van der Waals surface area contributed by atoms with E-state index in [-0.39, 0.29) is 0 Å². The molecule has 5 rings (SSSR count). The lowest BCUT2D eigenvalue weighted by Gasteiger charge is -2.22. The fraction of sp³-hybridized carbons (Fsp3) is 0.136. The topological polar surface area (TPSA) is 43.1 Å². The van der Waals surface area contributed by atoms with Gasteiger partial charge in [-0.3, -0.25) is 0 Å². The summed E-state index contributed by atoms with van der Waals surface area (Å²) in [4.78, 5) is 9.23. The zero-order valence-corrected chi connectivity index (χ0v) is 14.3. The Bertz CT molecular complexity index is 1100. The van der Waals surface area contributed by atoms with Gasteiger partial charge in [-0.2, -0.15) is 14.6 Å². The number of aromatic nitrogens is 4. The van der Waals surface area contributed by atoms with Crippen molar-refractivity contribution < 1.29 is 0 Å². The summed E-state index contributed by atoms with van der Waals surface area (Å²) in [6.45, 7) is 0. The molecule has 126 valence electrons. The molecule has 1 aliphatic carbocycles. The quantitative estimate of drug-likeness (QED) is 0.533. The van der Waals surface area contributed by atoms with Crippen molar-refractivity contribution in [2.45, 2.75) is 19.3 Å². The maximum atomic E-state index is 4.86. The molecule has 2 aromatic carbocycles. The lowest BCUT2D eigenvalue weighted by Crippen LogP contribution is -2.11. The second kappa shape index (κ2) is 6.23. The lowest BCUT2D eigenvalue weighted by atomic mass is 9.87. The summed E-state index contributed by atoms with van der Waals surface area (Å²) in [5.41, 5.74) is 7.09. The third-order valence-electron chi connectivity index (χ3n) is 4.89. The SMILES string of the molecule is C(=C1CCCc2c1nc1ncnn1c2-c1ccccc1)c1ccccc1. The average molecular weight is 338 g/mol. The van der Waals surface area contributed by atoms with Crippen LogP contribution in [0.15, 0.2) is 67.0 Å². The third-order valence-corrected chi connectivity index (χ3v) is 4.89. The highest BCUT2D eigenvalue weighted by molar-refractivity contribution is 5.85. The number of fused-ring (bicyclic) bond motifs is 2. The number of allylic oxidation sites excluding steroid dienone is 1. The van der Waals surface area contributed by atoms with Crippen molar-refractivity contribution in [1.82, 2.24) is 19.6 Å². The maximum absolute atomic E-state index is 4.86. The minimum atomic E-state index is 0.656. The molecule has 1 aliphatic rings. The Labute approximate surface area is 151 Å². The number of hydrogen-bond acceptors (Lipinski definition) is 3. The number of rotatable bonds is 2. The van der Waals surface area contributed by atoms with Crippen LogP contribution < -0.4 is 0 Å². The van der Waals surface area contributed by atoms with Crippen LogP contribution in [0.1, 0.15) is 29.7 Å². The number of benzene rings is 2. The van der Waals surface area contributed by atoms with Gasteiger partial charge < -0.3 is 0 Å². The molecule has 0 atom stereocenters. The van der Waals surface area contributed by atoms with Gasteiger partial charge in [0.25, 0.3) is 5.78 Å². The molecule has 0 saturated heterocycles. The van der Waals surface area contributed by atoms with Crippen molar-refractivity contribution in [2.75, 3.05) is 0 Å². The fourth-order valence-electron chi connectivity index (χ4n) is 3.74. The fourth-order valence-corrected chi connectivity index (χ4v) is 3.74. The van der Waals surface area contributed by atoms with E-state index in [0.29, 0.717) is 5.78 Å². The molecule has 0 unspecified atom stereocenters. The van der Waals surface area contributed by atoms with Gasteiger partial charge in [-0.15, -0.1) is 0 Å². The van der Waals surface area contributed by atoms with Crippen molar-refractivity contribution in [3.63, 3.8) is 0 Å². The molecular weight excluding hydrogens is 320 g/mol. The zero-order chi connectivity index (χ0) is 17.3. The molecule has 2 heterocycles. The summed E-state index contributed by atoms with van der Waals surface area (Å²) >= 11 is 0. The molecule has 26 heavy (non-hydrogen) atoms. The van der Waals surface area contributed by atoms with E-state index in [1.165, 1.54) is 16.7 Å². The van der Waals surface area contributed by atoms with Crippen molar-refractivity contribution in [3.8, 4) is 11.3 Å². The van der Waals surface area contributed by atoms with Crippen molar-refractivity contribution in [2.24, 2.45) is 0 Å². The molecule has 0 N–H and O–H groups in total. The maximum Gasteiger partial charge on any atom is 0.253 e. The summed E-state index contributed by atoms with van der Waals surface area (Å²) in [7, 11) is 0. The molecule has 0 amide bonds. The van der Waals surface area contributed by atoms with Crippen LogP contribution >= 0.6 is 0 Å². The minimum Gasteiger partial charge on any atom is -0.211 e.